The lowest BCUT2D eigenvalue weighted by molar-refractivity contribution is 0.977. The average molecular weight is 312 g/mol. The number of aromatic nitrogens is 2. The number of anilines is 2. The van der Waals surface area contributed by atoms with E-state index < -0.39 is 0 Å². The van der Waals surface area contributed by atoms with Gasteiger partial charge >= 0.3 is 0 Å². The van der Waals surface area contributed by atoms with E-state index in [4.69, 9.17) is 12.2 Å². The fourth-order valence-corrected chi connectivity index (χ4v) is 2.37. The zero-order valence-corrected chi connectivity index (χ0v) is 12.2. The molecule has 1 heterocycles. The predicted molar refractivity (Wildman–Crippen MR) is 91.5 cm³/mol. The second-order valence-corrected chi connectivity index (χ2v) is 4.99. The smallest absolute Gasteiger partial charge is 0.272 e. The summed E-state index contributed by atoms with van der Waals surface area (Å²) in [6, 6.07) is 14.4. The number of rotatable bonds is 2. The summed E-state index contributed by atoms with van der Waals surface area (Å²) in [7, 11) is 0. The largest absolute Gasteiger partial charge is 0.332 e. The molecule has 0 saturated heterocycles. The van der Waals surface area contributed by atoms with Gasteiger partial charge in [0.25, 0.3) is 11.1 Å². The van der Waals surface area contributed by atoms with Crippen molar-refractivity contribution in [2.24, 2.45) is 0 Å². The monoisotopic (exact) mass is 312 g/mol. The lowest BCUT2D eigenvalue weighted by Gasteiger charge is -2.11. The van der Waals surface area contributed by atoms with E-state index in [0.717, 1.165) is 5.69 Å². The molecule has 2 aromatic carbocycles. The Kier molecular flexibility index (Phi) is 3.71. The topological polar surface area (TPSA) is 89.8 Å². The molecule has 0 aliphatic heterocycles. The van der Waals surface area contributed by atoms with Gasteiger partial charge in [-0.2, -0.15) is 0 Å². The lowest BCUT2D eigenvalue weighted by atomic mass is 10.1. The summed E-state index contributed by atoms with van der Waals surface area (Å²) in [6.07, 6.45) is 0. The van der Waals surface area contributed by atoms with Crippen LogP contribution in [0.2, 0.25) is 0 Å². The molecule has 0 amide bonds. The molecule has 0 aliphatic rings. The normalized spacial score (nSPS) is 10.4. The molecule has 1 aromatic heterocycles. The van der Waals surface area contributed by atoms with Gasteiger partial charge in [-0.3, -0.25) is 19.8 Å². The van der Waals surface area contributed by atoms with E-state index in [-0.39, 0.29) is 16.5 Å². The standard InChI is InChI=1S/C15H12N4O2S/c20-13-10-7-4-8-11(12(10)14(21)19-18-13)17-15(22)16-9-5-2-1-3-6-9/h1-8H,(H,18,20)(H,19,21)(H2,16,17,22). The van der Waals surface area contributed by atoms with Crippen LogP contribution in [0.5, 0.6) is 0 Å². The molecular weight excluding hydrogens is 300 g/mol. The van der Waals surface area contributed by atoms with E-state index in [1.54, 1.807) is 18.2 Å². The Hall–Kier alpha value is -2.93. The van der Waals surface area contributed by atoms with Crippen LogP contribution in [0.25, 0.3) is 10.8 Å². The van der Waals surface area contributed by atoms with Gasteiger partial charge in [0, 0.05) is 5.69 Å². The Bertz CT molecular complexity index is 947. The fourth-order valence-electron chi connectivity index (χ4n) is 2.14. The molecule has 0 saturated carbocycles. The van der Waals surface area contributed by atoms with E-state index in [2.05, 4.69) is 20.8 Å². The summed E-state index contributed by atoms with van der Waals surface area (Å²) in [5.74, 6) is 0. The van der Waals surface area contributed by atoms with Crippen LogP contribution >= 0.6 is 12.2 Å². The van der Waals surface area contributed by atoms with Gasteiger partial charge in [-0.25, -0.2) is 0 Å². The molecule has 4 N–H and O–H groups in total. The van der Waals surface area contributed by atoms with Gasteiger partial charge in [-0.1, -0.05) is 24.3 Å². The summed E-state index contributed by atoms with van der Waals surface area (Å²) in [5.41, 5.74) is 0.547. The molecule has 0 radical (unpaired) electrons. The van der Waals surface area contributed by atoms with E-state index >= 15 is 0 Å². The molecule has 0 fully saturated rings. The number of benzene rings is 2. The van der Waals surface area contributed by atoms with Crippen molar-refractivity contribution in [1.82, 2.24) is 10.2 Å². The Balaban J connectivity index is 1.95. The average Bonchev–Trinajstić information content (AvgIpc) is 2.52. The van der Waals surface area contributed by atoms with Gasteiger partial charge in [-0.15, -0.1) is 0 Å². The quantitative estimate of drug-likeness (QED) is 0.544. The Morgan fingerprint density at radius 1 is 0.864 bits per heavy atom. The van der Waals surface area contributed by atoms with Crippen LogP contribution < -0.4 is 21.8 Å². The van der Waals surface area contributed by atoms with Gasteiger partial charge < -0.3 is 10.6 Å². The van der Waals surface area contributed by atoms with Gasteiger partial charge in [-0.05, 0) is 36.5 Å². The Morgan fingerprint density at radius 2 is 1.59 bits per heavy atom. The van der Waals surface area contributed by atoms with Crippen molar-refractivity contribution in [2.75, 3.05) is 10.6 Å². The molecule has 0 bridgehead atoms. The number of para-hydroxylation sites is 1. The first kappa shape index (κ1) is 14.0. The third-order valence-corrected chi connectivity index (χ3v) is 3.31. The molecule has 6 nitrogen and oxygen atoms in total. The molecule has 3 rings (SSSR count). The molecule has 110 valence electrons. The van der Waals surface area contributed by atoms with Crippen molar-refractivity contribution < 1.29 is 0 Å². The second-order valence-electron chi connectivity index (χ2n) is 4.58. The third-order valence-electron chi connectivity index (χ3n) is 3.11. The number of aromatic amines is 2. The Morgan fingerprint density at radius 3 is 2.36 bits per heavy atom. The zero-order valence-electron chi connectivity index (χ0n) is 11.3. The summed E-state index contributed by atoms with van der Waals surface area (Å²) in [5, 5.41) is 11.5. The van der Waals surface area contributed by atoms with Crippen molar-refractivity contribution in [1.29, 1.82) is 0 Å². The highest BCUT2D eigenvalue weighted by atomic mass is 32.1. The first-order valence-electron chi connectivity index (χ1n) is 6.52. The molecule has 22 heavy (non-hydrogen) atoms. The molecule has 0 aliphatic carbocycles. The summed E-state index contributed by atoms with van der Waals surface area (Å²) in [4.78, 5) is 23.7. The number of hydrogen-bond donors (Lipinski definition) is 4. The summed E-state index contributed by atoms with van der Waals surface area (Å²) < 4.78 is 0. The summed E-state index contributed by atoms with van der Waals surface area (Å²) >= 11 is 5.24. The van der Waals surface area contributed by atoms with Crippen molar-refractivity contribution >= 4 is 39.5 Å². The third kappa shape index (κ3) is 2.75. The van der Waals surface area contributed by atoms with Crippen LogP contribution in [0.3, 0.4) is 0 Å². The minimum atomic E-state index is -0.389. The highest BCUT2D eigenvalue weighted by Gasteiger charge is 2.09. The van der Waals surface area contributed by atoms with Gasteiger partial charge in [0.2, 0.25) is 0 Å². The Labute approximate surface area is 130 Å². The fraction of sp³-hybridized carbons (Fsp3) is 0. The molecule has 0 unspecified atom stereocenters. The first-order valence-corrected chi connectivity index (χ1v) is 6.93. The lowest BCUT2D eigenvalue weighted by Crippen LogP contribution is -2.23. The number of fused-ring (bicyclic) bond motifs is 1. The van der Waals surface area contributed by atoms with Crippen molar-refractivity contribution in [3.05, 3.63) is 69.2 Å². The zero-order chi connectivity index (χ0) is 15.5. The highest BCUT2D eigenvalue weighted by Crippen LogP contribution is 2.17. The maximum absolute atomic E-state index is 12.0. The van der Waals surface area contributed by atoms with E-state index in [9.17, 15) is 9.59 Å². The van der Waals surface area contributed by atoms with Gasteiger partial charge in [0.1, 0.15) is 0 Å². The minimum absolute atomic E-state index is 0.267. The summed E-state index contributed by atoms with van der Waals surface area (Å²) in [6.45, 7) is 0. The van der Waals surface area contributed by atoms with Crippen LogP contribution in [-0.4, -0.2) is 15.3 Å². The van der Waals surface area contributed by atoms with Crippen LogP contribution in [0.1, 0.15) is 0 Å². The van der Waals surface area contributed by atoms with E-state index in [1.807, 2.05) is 30.3 Å². The molecule has 7 heteroatoms. The predicted octanol–water partition coefficient (Wildman–Crippen LogP) is 2.03. The van der Waals surface area contributed by atoms with Crippen LogP contribution in [0, 0.1) is 0 Å². The van der Waals surface area contributed by atoms with Gasteiger partial charge in [0.15, 0.2) is 5.11 Å². The van der Waals surface area contributed by atoms with Gasteiger partial charge in [0.05, 0.1) is 16.5 Å². The van der Waals surface area contributed by atoms with Crippen molar-refractivity contribution in [3.8, 4) is 0 Å². The van der Waals surface area contributed by atoms with Crippen LogP contribution in [-0.2, 0) is 0 Å². The van der Waals surface area contributed by atoms with Crippen LogP contribution in [0.15, 0.2) is 58.1 Å². The minimum Gasteiger partial charge on any atom is -0.332 e. The maximum Gasteiger partial charge on any atom is 0.272 e. The SMILES string of the molecule is O=c1[nH][nH]c(=O)c2c(NC(=S)Nc3ccccc3)cccc12. The number of hydrogen-bond acceptors (Lipinski definition) is 3. The van der Waals surface area contributed by atoms with E-state index in [1.165, 1.54) is 0 Å². The number of thiocarbonyl (C=S) groups is 1. The van der Waals surface area contributed by atoms with E-state index in [0.29, 0.717) is 16.2 Å². The maximum atomic E-state index is 12.0. The van der Waals surface area contributed by atoms with Crippen molar-refractivity contribution in [3.63, 3.8) is 0 Å². The number of nitrogens with one attached hydrogen (secondary N) is 4. The highest BCUT2D eigenvalue weighted by molar-refractivity contribution is 7.80. The second kappa shape index (κ2) is 5.82. The number of H-pyrrole nitrogens is 2. The molecule has 0 atom stereocenters. The van der Waals surface area contributed by atoms with Crippen LogP contribution in [0.4, 0.5) is 11.4 Å². The van der Waals surface area contributed by atoms with Crippen molar-refractivity contribution in [2.45, 2.75) is 0 Å². The molecular formula is C15H12N4O2S. The molecule has 0 spiro atoms. The first-order chi connectivity index (χ1) is 10.6. The molecule has 3 aromatic rings.